The van der Waals surface area contributed by atoms with Crippen LogP contribution in [-0.2, 0) is 34.9 Å². The largest absolute Gasteiger partial charge is 0.380 e. The first kappa shape index (κ1) is 14.4. The Balaban J connectivity index is 1.70. The van der Waals surface area contributed by atoms with Crippen LogP contribution in [0.1, 0.15) is 36.0 Å². The highest BCUT2D eigenvalue weighted by Crippen LogP contribution is 2.38. The summed E-state index contributed by atoms with van der Waals surface area (Å²) in [6.07, 6.45) is 2.38. The molecular formula is C15H19N3O2S. The van der Waals surface area contributed by atoms with Gasteiger partial charge in [-0.1, -0.05) is 12.1 Å². The van der Waals surface area contributed by atoms with Gasteiger partial charge in [-0.2, -0.15) is 0 Å². The number of aromatic nitrogens is 3. The lowest BCUT2D eigenvalue weighted by Crippen LogP contribution is -2.05. The molecule has 0 saturated heterocycles. The second kappa shape index (κ2) is 6.07. The summed E-state index contributed by atoms with van der Waals surface area (Å²) >= 11 is 0. The van der Waals surface area contributed by atoms with Gasteiger partial charge in [0.1, 0.15) is 11.6 Å². The summed E-state index contributed by atoms with van der Waals surface area (Å²) in [5, 5.41) is 8.41. The lowest BCUT2D eigenvalue weighted by atomic mass is 10.2. The van der Waals surface area contributed by atoms with E-state index in [9.17, 15) is 4.21 Å². The van der Waals surface area contributed by atoms with Crippen LogP contribution in [0.25, 0.3) is 0 Å². The number of nitrogens with zero attached hydrogens (tertiary/aromatic N) is 3. The summed E-state index contributed by atoms with van der Waals surface area (Å²) in [7, 11) is 2.52. The van der Waals surface area contributed by atoms with Gasteiger partial charge in [0.25, 0.3) is 0 Å². The standard InChI is InChI=1S/C15H19N3O2S/c1-18-14(16-17-15(18)12-5-6-12)10-21(19)13-7-3-11(4-8-13)9-20-2/h3-4,7-8,12H,5-6,9-10H2,1-2H3/t21-/m0/s1. The van der Waals surface area contributed by atoms with Crippen LogP contribution in [0.5, 0.6) is 0 Å². The van der Waals surface area contributed by atoms with Crippen molar-refractivity contribution in [2.24, 2.45) is 7.05 Å². The molecule has 1 aromatic heterocycles. The van der Waals surface area contributed by atoms with Gasteiger partial charge in [-0.3, -0.25) is 4.21 Å². The molecule has 0 amide bonds. The van der Waals surface area contributed by atoms with E-state index in [0.29, 0.717) is 18.3 Å². The van der Waals surface area contributed by atoms with Crippen LogP contribution >= 0.6 is 0 Å². The molecule has 1 fully saturated rings. The van der Waals surface area contributed by atoms with Crippen LogP contribution < -0.4 is 0 Å². The third kappa shape index (κ3) is 3.22. The van der Waals surface area contributed by atoms with E-state index in [2.05, 4.69) is 10.2 Å². The third-order valence-electron chi connectivity index (χ3n) is 3.70. The molecule has 0 N–H and O–H groups in total. The van der Waals surface area contributed by atoms with Crippen LogP contribution in [0.3, 0.4) is 0 Å². The Hall–Kier alpha value is -1.53. The predicted octanol–water partition coefficient (Wildman–Crippen LogP) is 2.15. The molecule has 0 spiro atoms. The van der Waals surface area contributed by atoms with Gasteiger partial charge in [0, 0.05) is 25.0 Å². The zero-order valence-corrected chi connectivity index (χ0v) is 13.1. The first-order valence-corrected chi connectivity index (χ1v) is 8.35. The van der Waals surface area contributed by atoms with E-state index in [1.165, 1.54) is 12.8 Å². The fraction of sp³-hybridized carbons (Fsp3) is 0.467. The molecule has 6 heteroatoms. The lowest BCUT2D eigenvalue weighted by Gasteiger charge is -2.05. The van der Waals surface area contributed by atoms with Crippen molar-refractivity contribution in [2.45, 2.75) is 36.0 Å². The Morgan fingerprint density at radius 3 is 2.62 bits per heavy atom. The molecule has 3 rings (SSSR count). The average molecular weight is 305 g/mol. The molecular weight excluding hydrogens is 286 g/mol. The van der Waals surface area contributed by atoms with E-state index in [4.69, 9.17) is 4.74 Å². The average Bonchev–Trinajstić information content (AvgIpc) is 3.26. The van der Waals surface area contributed by atoms with Gasteiger partial charge in [-0.25, -0.2) is 0 Å². The smallest absolute Gasteiger partial charge is 0.145 e. The number of hydrogen-bond acceptors (Lipinski definition) is 4. The molecule has 21 heavy (non-hydrogen) atoms. The normalized spacial score (nSPS) is 16.1. The molecule has 1 aliphatic carbocycles. The first-order valence-electron chi connectivity index (χ1n) is 7.03. The quantitative estimate of drug-likeness (QED) is 0.820. The highest BCUT2D eigenvalue weighted by atomic mass is 32.2. The maximum absolute atomic E-state index is 12.4. The van der Waals surface area contributed by atoms with E-state index in [1.54, 1.807) is 7.11 Å². The number of hydrogen-bond donors (Lipinski definition) is 0. The molecule has 0 unspecified atom stereocenters. The van der Waals surface area contributed by atoms with Gasteiger partial charge in [0.2, 0.25) is 0 Å². The minimum absolute atomic E-state index is 0.403. The SMILES string of the molecule is COCc1ccc([S@@](=O)Cc2nnc(C3CC3)n2C)cc1. The second-order valence-corrected chi connectivity index (χ2v) is 6.83. The molecule has 1 aromatic carbocycles. The van der Waals surface area contributed by atoms with E-state index in [1.807, 2.05) is 35.9 Å². The van der Waals surface area contributed by atoms with E-state index in [-0.39, 0.29) is 0 Å². The van der Waals surface area contributed by atoms with Crippen molar-refractivity contribution in [1.82, 2.24) is 14.8 Å². The fourth-order valence-corrected chi connectivity index (χ4v) is 3.39. The zero-order chi connectivity index (χ0) is 14.8. The van der Waals surface area contributed by atoms with Crippen molar-refractivity contribution in [1.29, 1.82) is 0 Å². The molecule has 1 aliphatic rings. The Bertz CT molecular complexity index is 647. The summed E-state index contributed by atoms with van der Waals surface area (Å²) in [4.78, 5) is 0.811. The number of methoxy groups -OCH3 is 1. The zero-order valence-electron chi connectivity index (χ0n) is 12.3. The molecule has 0 radical (unpaired) electrons. The summed E-state index contributed by atoms with van der Waals surface area (Å²) < 4.78 is 19.5. The summed E-state index contributed by atoms with van der Waals surface area (Å²) in [5.41, 5.74) is 1.08. The molecule has 0 aliphatic heterocycles. The van der Waals surface area contributed by atoms with Gasteiger partial charge in [0.05, 0.1) is 23.2 Å². The second-order valence-electron chi connectivity index (χ2n) is 5.37. The number of ether oxygens (including phenoxy) is 1. The van der Waals surface area contributed by atoms with Crippen LogP contribution in [0.2, 0.25) is 0 Å². The molecule has 0 bridgehead atoms. The van der Waals surface area contributed by atoms with Crippen molar-refractivity contribution in [2.75, 3.05) is 7.11 Å². The van der Waals surface area contributed by atoms with Crippen LogP contribution in [0.15, 0.2) is 29.2 Å². The monoisotopic (exact) mass is 305 g/mol. The van der Waals surface area contributed by atoms with Gasteiger partial charge < -0.3 is 9.30 Å². The molecule has 112 valence electrons. The topological polar surface area (TPSA) is 57.0 Å². The van der Waals surface area contributed by atoms with Crippen molar-refractivity contribution < 1.29 is 8.95 Å². The van der Waals surface area contributed by atoms with Gasteiger partial charge in [-0.15, -0.1) is 10.2 Å². The van der Waals surface area contributed by atoms with E-state index >= 15 is 0 Å². The summed E-state index contributed by atoms with van der Waals surface area (Å²) in [6, 6.07) is 7.68. The van der Waals surface area contributed by atoms with Crippen LogP contribution in [0.4, 0.5) is 0 Å². The van der Waals surface area contributed by atoms with Crippen molar-refractivity contribution in [3.05, 3.63) is 41.5 Å². The minimum Gasteiger partial charge on any atom is -0.380 e. The van der Waals surface area contributed by atoms with Gasteiger partial charge in [0.15, 0.2) is 0 Å². The van der Waals surface area contributed by atoms with Gasteiger partial charge >= 0.3 is 0 Å². The highest BCUT2D eigenvalue weighted by molar-refractivity contribution is 7.84. The predicted molar refractivity (Wildman–Crippen MR) is 80.2 cm³/mol. The van der Waals surface area contributed by atoms with Crippen molar-refractivity contribution in [3.8, 4) is 0 Å². The third-order valence-corrected chi connectivity index (χ3v) is 5.02. The number of benzene rings is 1. The highest BCUT2D eigenvalue weighted by Gasteiger charge is 2.29. The Morgan fingerprint density at radius 1 is 1.29 bits per heavy atom. The Labute approximate surface area is 126 Å². The minimum atomic E-state index is -1.10. The fourth-order valence-electron chi connectivity index (χ4n) is 2.30. The molecule has 2 aromatic rings. The van der Waals surface area contributed by atoms with E-state index in [0.717, 1.165) is 22.1 Å². The van der Waals surface area contributed by atoms with Crippen molar-refractivity contribution >= 4 is 10.8 Å². The summed E-state index contributed by atoms with van der Waals surface area (Å²) in [5.74, 6) is 2.77. The summed E-state index contributed by atoms with van der Waals surface area (Å²) in [6.45, 7) is 0.570. The molecule has 1 atom stereocenters. The van der Waals surface area contributed by atoms with Crippen LogP contribution in [0, 0.1) is 0 Å². The first-order chi connectivity index (χ1) is 10.2. The van der Waals surface area contributed by atoms with Crippen LogP contribution in [-0.4, -0.2) is 26.1 Å². The molecule has 1 saturated carbocycles. The molecule has 5 nitrogen and oxygen atoms in total. The Kier molecular flexibility index (Phi) is 4.17. The molecule has 1 heterocycles. The van der Waals surface area contributed by atoms with Crippen molar-refractivity contribution in [3.63, 3.8) is 0 Å². The number of rotatable bonds is 6. The maximum Gasteiger partial charge on any atom is 0.145 e. The Morgan fingerprint density at radius 2 is 2.00 bits per heavy atom. The maximum atomic E-state index is 12.4. The van der Waals surface area contributed by atoms with Gasteiger partial charge in [-0.05, 0) is 30.5 Å². The van der Waals surface area contributed by atoms with E-state index < -0.39 is 10.8 Å². The lowest BCUT2D eigenvalue weighted by molar-refractivity contribution is 0.185.